The summed E-state index contributed by atoms with van der Waals surface area (Å²) in [5.74, 6) is 0.836. The van der Waals surface area contributed by atoms with Gasteiger partial charge in [0.05, 0.1) is 18.2 Å². The molecule has 1 aromatic rings. The van der Waals surface area contributed by atoms with E-state index >= 15 is 0 Å². The maximum absolute atomic E-state index is 12.2. The molecule has 0 radical (unpaired) electrons. The van der Waals surface area contributed by atoms with Gasteiger partial charge in [-0.25, -0.2) is 0 Å². The van der Waals surface area contributed by atoms with E-state index in [1.165, 1.54) is 0 Å². The highest BCUT2D eigenvalue weighted by Gasteiger charge is 2.42. The molecule has 1 heterocycles. The molecule has 2 atom stereocenters. The van der Waals surface area contributed by atoms with Gasteiger partial charge in [-0.1, -0.05) is 6.92 Å². The molecule has 0 aromatic carbocycles. The topological polar surface area (TPSA) is 76.0 Å². The van der Waals surface area contributed by atoms with Crippen LogP contribution < -0.4 is 10.6 Å². The molecule has 0 saturated heterocycles. The van der Waals surface area contributed by atoms with Gasteiger partial charge in [0, 0.05) is 25.7 Å². The zero-order valence-corrected chi connectivity index (χ0v) is 13.3. The molecule has 0 aliphatic heterocycles. The molecule has 2 aliphatic rings. The van der Waals surface area contributed by atoms with E-state index in [0.29, 0.717) is 18.9 Å². The van der Waals surface area contributed by atoms with Crippen molar-refractivity contribution in [3.63, 3.8) is 0 Å². The normalized spacial score (nSPS) is 25.2. The molecule has 0 unspecified atom stereocenters. The van der Waals surface area contributed by atoms with Crippen molar-refractivity contribution in [1.29, 1.82) is 0 Å². The van der Waals surface area contributed by atoms with Crippen LogP contribution in [0.3, 0.4) is 0 Å². The summed E-state index contributed by atoms with van der Waals surface area (Å²) in [5.41, 5.74) is 0.665. The second-order valence-corrected chi connectivity index (χ2v) is 6.92. The lowest BCUT2D eigenvalue weighted by atomic mass is 9.76. The third-order valence-electron chi connectivity index (χ3n) is 4.89. The molecule has 2 N–H and O–H groups in total. The van der Waals surface area contributed by atoms with Crippen LogP contribution in [0.1, 0.15) is 38.2 Å². The van der Waals surface area contributed by atoms with Crippen molar-refractivity contribution in [2.45, 2.75) is 44.6 Å². The number of carbonyl (C=O) groups is 2. The molecule has 0 bridgehead atoms. The van der Waals surface area contributed by atoms with Gasteiger partial charge in [-0.05, 0) is 37.2 Å². The van der Waals surface area contributed by atoms with Crippen molar-refractivity contribution in [2.24, 2.45) is 18.9 Å². The van der Waals surface area contributed by atoms with Crippen LogP contribution in [0.5, 0.6) is 0 Å². The molecular formula is C16H24N4O2. The summed E-state index contributed by atoms with van der Waals surface area (Å²) >= 11 is 0. The maximum atomic E-state index is 12.2. The Kier molecular flexibility index (Phi) is 3.93. The lowest BCUT2D eigenvalue weighted by molar-refractivity contribution is -0.126. The number of carbonyl (C=O) groups excluding carboxylic acids is 2. The number of nitrogens with zero attached hydrogens (tertiary/aromatic N) is 2. The molecule has 2 fully saturated rings. The number of aryl methyl sites for hydroxylation is 1. The van der Waals surface area contributed by atoms with E-state index in [4.69, 9.17) is 0 Å². The SMILES string of the molecule is C[C@@H]1C[C@H]1C(=O)NCC1(NC(=O)Cc2cnn(C)c2)CCC1. The van der Waals surface area contributed by atoms with E-state index in [0.717, 1.165) is 31.2 Å². The molecule has 0 spiro atoms. The van der Waals surface area contributed by atoms with Crippen LogP contribution >= 0.6 is 0 Å². The van der Waals surface area contributed by atoms with E-state index < -0.39 is 0 Å². The van der Waals surface area contributed by atoms with E-state index in [2.05, 4.69) is 22.7 Å². The van der Waals surface area contributed by atoms with Crippen LogP contribution in [0.2, 0.25) is 0 Å². The molecule has 3 rings (SSSR count). The molecule has 2 amide bonds. The summed E-state index contributed by atoms with van der Waals surface area (Å²) in [7, 11) is 1.84. The molecule has 120 valence electrons. The molecule has 6 nitrogen and oxygen atoms in total. The monoisotopic (exact) mass is 304 g/mol. The van der Waals surface area contributed by atoms with Gasteiger partial charge in [-0.15, -0.1) is 0 Å². The highest BCUT2D eigenvalue weighted by atomic mass is 16.2. The fraction of sp³-hybridized carbons (Fsp3) is 0.688. The van der Waals surface area contributed by atoms with E-state index in [1.54, 1.807) is 10.9 Å². The Bertz CT molecular complexity index is 576. The average Bonchev–Trinajstić information content (AvgIpc) is 3.02. The van der Waals surface area contributed by atoms with Gasteiger partial charge in [0.2, 0.25) is 11.8 Å². The molecule has 2 saturated carbocycles. The lowest BCUT2D eigenvalue weighted by Crippen LogP contribution is -2.60. The van der Waals surface area contributed by atoms with E-state index in [1.807, 2.05) is 13.2 Å². The Hall–Kier alpha value is -1.85. The van der Waals surface area contributed by atoms with Gasteiger partial charge in [0.15, 0.2) is 0 Å². The summed E-state index contributed by atoms with van der Waals surface area (Å²) in [6, 6.07) is 0. The van der Waals surface area contributed by atoms with Crippen molar-refractivity contribution >= 4 is 11.8 Å². The standard InChI is InChI=1S/C16H24N4O2/c1-11-6-13(11)15(22)17-10-16(4-3-5-16)19-14(21)7-12-8-18-20(2)9-12/h8-9,11,13H,3-7,10H2,1-2H3,(H,17,22)(H,19,21)/t11-,13-/m1/s1. The average molecular weight is 304 g/mol. The highest BCUT2D eigenvalue weighted by molar-refractivity contribution is 5.82. The van der Waals surface area contributed by atoms with Crippen molar-refractivity contribution < 1.29 is 9.59 Å². The smallest absolute Gasteiger partial charge is 0.225 e. The molecular weight excluding hydrogens is 280 g/mol. The Morgan fingerprint density at radius 3 is 2.68 bits per heavy atom. The van der Waals surface area contributed by atoms with Gasteiger partial charge >= 0.3 is 0 Å². The zero-order valence-electron chi connectivity index (χ0n) is 13.3. The molecule has 2 aliphatic carbocycles. The first-order chi connectivity index (χ1) is 10.5. The third kappa shape index (κ3) is 3.31. The Morgan fingerprint density at radius 1 is 1.45 bits per heavy atom. The zero-order chi connectivity index (χ0) is 15.7. The number of amides is 2. The first kappa shape index (κ1) is 15.1. The third-order valence-corrected chi connectivity index (χ3v) is 4.89. The number of rotatable bonds is 6. The van der Waals surface area contributed by atoms with Crippen molar-refractivity contribution in [1.82, 2.24) is 20.4 Å². The van der Waals surface area contributed by atoms with Gasteiger partial charge < -0.3 is 10.6 Å². The minimum atomic E-state index is -0.243. The van der Waals surface area contributed by atoms with Gasteiger partial charge in [-0.3, -0.25) is 14.3 Å². The van der Waals surface area contributed by atoms with Crippen molar-refractivity contribution in [3.05, 3.63) is 18.0 Å². The summed E-state index contributed by atoms with van der Waals surface area (Å²) in [4.78, 5) is 24.2. The van der Waals surface area contributed by atoms with E-state index in [-0.39, 0.29) is 23.3 Å². The highest BCUT2D eigenvalue weighted by Crippen LogP contribution is 2.38. The summed E-state index contributed by atoms with van der Waals surface area (Å²) in [6.07, 6.45) is 7.86. The first-order valence-electron chi connectivity index (χ1n) is 8.04. The predicted molar refractivity (Wildman–Crippen MR) is 81.9 cm³/mol. The summed E-state index contributed by atoms with van der Waals surface area (Å²) < 4.78 is 1.69. The Morgan fingerprint density at radius 2 is 2.18 bits per heavy atom. The second kappa shape index (κ2) is 5.74. The quantitative estimate of drug-likeness (QED) is 0.815. The number of aromatic nitrogens is 2. The van der Waals surface area contributed by atoms with Gasteiger partial charge in [-0.2, -0.15) is 5.10 Å². The minimum absolute atomic E-state index is 0.00161. The Balaban J connectivity index is 1.49. The van der Waals surface area contributed by atoms with Crippen molar-refractivity contribution in [3.8, 4) is 0 Å². The van der Waals surface area contributed by atoms with Crippen LogP contribution in [-0.4, -0.2) is 33.7 Å². The fourth-order valence-corrected chi connectivity index (χ4v) is 3.11. The minimum Gasteiger partial charge on any atom is -0.354 e. The molecule has 6 heteroatoms. The van der Waals surface area contributed by atoms with Crippen LogP contribution in [0.15, 0.2) is 12.4 Å². The summed E-state index contributed by atoms with van der Waals surface area (Å²) in [5, 5.41) is 10.2. The second-order valence-electron chi connectivity index (χ2n) is 6.92. The predicted octanol–water partition coefficient (Wildman–Crippen LogP) is 0.774. The van der Waals surface area contributed by atoms with E-state index in [9.17, 15) is 9.59 Å². The Labute approximate surface area is 130 Å². The first-order valence-corrected chi connectivity index (χ1v) is 8.04. The number of hydrogen-bond acceptors (Lipinski definition) is 3. The lowest BCUT2D eigenvalue weighted by Gasteiger charge is -2.42. The van der Waals surface area contributed by atoms with Gasteiger partial charge in [0.1, 0.15) is 0 Å². The number of hydrogen-bond donors (Lipinski definition) is 2. The van der Waals surface area contributed by atoms with Crippen LogP contribution in [0.4, 0.5) is 0 Å². The fourth-order valence-electron chi connectivity index (χ4n) is 3.11. The van der Waals surface area contributed by atoms with Crippen LogP contribution in [0, 0.1) is 11.8 Å². The number of nitrogens with one attached hydrogen (secondary N) is 2. The maximum Gasteiger partial charge on any atom is 0.225 e. The molecule has 1 aromatic heterocycles. The summed E-state index contributed by atoms with van der Waals surface area (Å²) in [6.45, 7) is 2.65. The largest absolute Gasteiger partial charge is 0.354 e. The molecule has 22 heavy (non-hydrogen) atoms. The van der Waals surface area contributed by atoms with Crippen LogP contribution in [0.25, 0.3) is 0 Å². The van der Waals surface area contributed by atoms with Crippen LogP contribution in [-0.2, 0) is 23.1 Å². The van der Waals surface area contributed by atoms with Crippen molar-refractivity contribution in [2.75, 3.05) is 6.54 Å². The van der Waals surface area contributed by atoms with Gasteiger partial charge in [0.25, 0.3) is 0 Å².